The molecule has 0 radical (unpaired) electrons. The third kappa shape index (κ3) is 9.49. The number of fused-ring (bicyclic) bond motifs is 1. The van der Waals surface area contributed by atoms with E-state index in [2.05, 4.69) is 0 Å². The van der Waals surface area contributed by atoms with Gasteiger partial charge in [0.15, 0.2) is 18.4 Å². The van der Waals surface area contributed by atoms with Gasteiger partial charge in [-0.25, -0.2) is 4.79 Å². The van der Waals surface area contributed by atoms with Crippen LogP contribution in [0.1, 0.15) is 53.9 Å². The maximum absolute atomic E-state index is 13.2. The van der Waals surface area contributed by atoms with E-state index in [4.69, 9.17) is 42.6 Å². The first kappa shape index (κ1) is 39.0. The molecule has 3 fully saturated rings. The second-order valence-corrected chi connectivity index (χ2v) is 13.5. The van der Waals surface area contributed by atoms with Gasteiger partial charge in [-0.15, -0.1) is 0 Å². The first-order valence-electron chi connectivity index (χ1n) is 16.7. The molecule has 0 bridgehead atoms. The van der Waals surface area contributed by atoms with Gasteiger partial charge in [0, 0.05) is 45.7 Å². The number of cyclic esters (lactones) is 1. The molecule has 14 nitrogen and oxygen atoms in total. The summed E-state index contributed by atoms with van der Waals surface area (Å²) in [5, 5.41) is 32.5. The molecular weight excluding hydrogens is 632 g/mol. The van der Waals surface area contributed by atoms with Gasteiger partial charge < -0.3 is 58.0 Å². The van der Waals surface area contributed by atoms with E-state index >= 15 is 0 Å². The molecule has 4 aliphatic heterocycles. The predicted octanol–water partition coefficient (Wildman–Crippen LogP) is 1.21. The lowest BCUT2D eigenvalue weighted by Crippen LogP contribution is -2.59. The summed E-state index contributed by atoms with van der Waals surface area (Å²) in [6, 6.07) is 0. The van der Waals surface area contributed by atoms with Gasteiger partial charge in [0.1, 0.15) is 42.2 Å². The molecule has 0 amide bonds. The number of ether oxygens (including phenoxy) is 9. The van der Waals surface area contributed by atoms with Gasteiger partial charge in [-0.3, -0.25) is 4.79 Å². The summed E-state index contributed by atoms with van der Waals surface area (Å²) in [6.45, 7) is 8.58. The highest BCUT2D eigenvalue weighted by atomic mass is 16.7. The van der Waals surface area contributed by atoms with Crippen LogP contribution in [0.15, 0.2) is 24.3 Å². The number of carbonyl (C=O) groups is 2. The average Bonchev–Trinajstić information content (AvgIpc) is 3.81. The number of ketones is 1. The Balaban J connectivity index is 1.53. The smallest absolute Gasteiger partial charge is 0.330 e. The highest BCUT2D eigenvalue weighted by Gasteiger charge is 2.49. The van der Waals surface area contributed by atoms with Crippen LogP contribution in [0.2, 0.25) is 0 Å². The highest BCUT2D eigenvalue weighted by molar-refractivity contribution is 5.96. The van der Waals surface area contributed by atoms with Gasteiger partial charge in [-0.2, -0.15) is 0 Å². The number of esters is 1. The van der Waals surface area contributed by atoms with Crippen LogP contribution in [-0.2, 0) is 52.2 Å². The van der Waals surface area contributed by atoms with E-state index in [0.717, 1.165) is 0 Å². The fraction of sp³-hybridized carbons (Fsp3) is 0.824. The summed E-state index contributed by atoms with van der Waals surface area (Å²) in [6.07, 6.45) is -2.35. The van der Waals surface area contributed by atoms with E-state index in [9.17, 15) is 24.9 Å². The zero-order valence-corrected chi connectivity index (χ0v) is 29.1. The van der Waals surface area contributed by atoms with Crippen molar-refractivity contribution in [2.75, 3.05) is 27.9 Å². The quantitative estimate of drug-likeness (QED) is 0.245. The molecule has 0 aliphatic carbocycles. The van der Waals surface area contributed by atoms with Gasteiger partial charge in [0.2, 0.25) is 0 Å². The number of aliphatic hydroxyl groups excluding tert-OH is 2. The minimum absolute atomic E-state index is 0.0273. The van der Waals surface area contributed by atoms with Crippen LogP contribution in [0.4, 0.5) is 0 Å². The van der Waals surface area contributed by atoms with Crippen molar-refractivity contribution in [1.82, 2.24) is 0 Å². The van der Waals surface area contributed by atoms with Crippen LogP contribution in [-0.4, -0.2) is 140 Å². The lowest BCUT2D eigenvalue weighted by atomic mass is 9.89. The fourth-order valence-corrected chi connectivity index (χ4v) is 6.53. The zero-order chi connectivity index (χ0) is 35.3. The van der Waals surface area contributed by atoms with Crippen molar-refractivity contribution in [2.45, 2.75) is 139 Å². The Kier molecular flexibility index (Phi) is 13.7. The van der Waals surface area contributed by atoms with Crippen molar-refractivity contribution >= 4 is 11.8 Å². The summed E-state index contributed by atoms with van der Waals surface area (Å²) < 4.78 is 52.3. The Morgan fingerprint density at radius 1 is 0.854 bits per heavy atom. The molecule has 3 saturated heterocycles. The summed E-state index contributed by atoms with van der Waals surface area (Å²) in [5.74, 6) is -2.00. The lowest BCUT2D eigenvalue weighted by molar-refractivity contribution is -0.305. The third-order valence-electron chi connectivity index (χ3n) is 9.85. The second-order valence-electron chi connectivity index (χ2n) is 13.5. The normalized spacial score (nSPS) is 47.5. The molecule has 274 valence electrons. The zero-order valence-electron chi connectivity index (χ0n) is 29.1. The Bertz CT molecular complexity index is 1130. The number of rotatable bonds is 8. The first-order valence-corrected chi connectivity index (χ1v) is 16.7. The van der Waals surface area contributed by atoms with Crippen molar-refractivity contribution in [3.8, 4) is 0 Å². The number of hydrogen-bond donors (Lipinski definition) is 3. The molecule has 0 saturated carbocycles. The Hall–Kier alpha value is -1.82. The first-order chi connectivity index (χ1) is 22.7. The molecule has 48 heavy (non-hydrogen) atoms. The topological polar surface area (TPSA) is 181 Å². The van der Waals surface area contributed by atoms with Crippen molar-refractivity contribution in [3.05, 3.63) is 24.3 Å². The van der Waals surface area contributed by atoms with E-state index in [-0.39, 0.29) is 25.6 Å². The summed E-state index contributed by atoms with van der Waals surface area (Å²) in [4.78, 5) is 26.3. The molecule has 14 heteroatoms. The molecule has 3 N–H and O–H groups in total. The summed E-state index contributed by atoms with van der Waals surface area (Å²) >= 11 is 0. The van der Waals surface area contributed by atoms with Gasteiger partial charge >= 0.3 is 5.97 Å². The molecule has 0 aromatic rings. The maximum atomic E-state index is 13.2. The Labute approximate surface area is 282 Å². The minimum Gasteiger partial charge on any atom is -0.459 e. The van der Waals surface area contributed by atoms with E-state index in [1.165, 1.54) is 40.4 Å². The lowest BCUT2D eigenvalue weighted by Gasteiger charge is -2.42. The van der Waals surface area contributed by atoms with Crippen molar-refractivity contribution < 1.29 is 67.5 Å². The number of carbonyl (C=O) groups excluding carboxylic acids is 2. The third-order valence-corrected chi connectivity index (χ3v) is 9.85. The average molecular weight is 687 g/mol. The van der Waals surface area contributed by atoms with Crippen molar-refractivity contribution in [2.24, 2.45) is 11.8 Å². The summed E-state index contributed by atoms with van der Waals surface area (Å²) in [7, 11) is 4.45. The molecule has 0 aromatic carbocycles. The molecule has 4 aliphatic rings. The van der Waals surface area contributed by atoms with Crippen LogP contribution in [0.5, 0.6) is 0 Å². The molecule has 16 atom stereocenters. The largest absolute Gasteiger partial charge is 0.459 e. The minimum atomic E-state index is -1.72. The Morgan fingerprint density at radius 3 is 2.23 bits per heavy atom. The highest BCUT2D eigenvalue weighted by Crippen LogP contribution is 2.36. The Morgan fingerprint density at radius 2 is 1.56 bits per heavy atom. The molecular formula is C34H54O14. The van der Waals surface area contributed by atoms with Crippen molar-refractivity contribution in [1.29, 1.82) is 0 Å². The number of aliphatic hydroxyl groups is 3. The van der Waals surface area contributed by atoms with Crippen molar-refractivity contribution in [3.63, 3.8) is 0 Å². The van der Waals surface area contributed by atoms with Gasteiger partial charge in [0.05, 0.1) is 37.1 Å². The predicted molar refractivity (Wildman–Crippen MR) is 169 cm³/mol. The van der Waals surface area contributed by atoms with Crippen LogP contribution < -0.4 is 0 Å². The van der Waals surface area contributed by atoms with Gasteiger partial charge in [-0.05, 0) is 52.7 Å². The maximum Gasteiger partial charge on any atom is 0.330 e. The molecule has 4 rings (SSSR count). The second kappa shape index (κ2) is 16.9. The van der Waals surface area contributed by atoms with E-state index in [1.54, 1.807) is 26.0 Å². The van der Waals surface area contributed by atoms with Gasteiger partial charge in [0.25, 0.3) is 0 Å². The molecule has 0 aromatic heterocycles. The van der Waals surface area contributed by atoms with Crippen LogP contribution in [0.3, 0.4) is 0 Å². The molecule has 0 unspecified atom stereocenters. The number of hydrogen-bond acceptors (Lipinski definition) is 14. The van der Waals surface area contributed by atoms with Crippen LogP contribution in [0, 0.1) is 11.8 Å². The van der Waals surface area contributed by atoms with Crippen LogP contribution >= 0.6 is 0 Å². The van der Waals surface area contributed by atoms with Crippen LogP contribution in [0.25, 0.3) is 0 Å². The molecule has 0 spiro atoms. The monoisotopic (exact) mass is 686 g/mol. The number of epoxide rings is 1. The fourth-order valence-electron chi connectivity index (χ4n) is 6.53. The van der Waals surface area contributed by atoms with E-state index in [0.29, 0.717) is 6.42 Å². The SMILES string of the molecule is CO[C@H]1[C@@H](OC[C@H]2[C@@H]3O[C@@H]3/C=C/C(=O)[C@](C)(O)CC[C@@H](O[C@@H]3O[C@H](C)C[C@H](OC)[C@@H]3O)[C@H](C)/C=C/C(=O)O[C@@H]2C)O[C@@H](C)[C@H](O)[C@@H]1OC. The summed E-state index contributed by atoms with van der Waals surface area (Å²) in [5.41, 5.74) is -1.72. The number of methoxy groups -OCH3 is 3. The standard InChI is InChI=1S/C34H54O14/c1-17-9-12-26(36)45-19(3)21(16-43-33-31(42-8)30(41-7)27(37)20(4)46-33)29-23(47-29)10-11-25(35)34(5,39)14-13-22(17)48-32-28(38)24(40-6)15-18(2)44-32/h9-12,17-24,27-33,37-39H,13-16H2,1-8H3/b11-10+,12-9+/t17-,18-,19-,20+,21-,22-,23-,24+,27+,28+,29+,30+,31-,32+,33+,34-/m1/s1. The van der Waals surface area contributed by atoms with E-state index < -0.39 is 103 Å². The van der Waals surface area contributed by atoms with Gasteiger partial charge in [-0.1, -0.05) is 13.0 Å². The molecule has 4 heterocycles. The van der Waals surface area contributed by atoms with E-state index in [1.807, 2.05) is 13.8 Å².